The van der Waals surface area contributed by atoms with E-state index in [9.17, 15) is 4.79 Å². The summed E-state index contributed by atoms with van der Waals surface area (Å²) in [5.74, 6) is 3.60. The third-order valence-corrected chi connectivity index (χ3v) is 12.5. The van der Waals surface area contributed by atoms with Crippen LogP contribution in [0.4, 0.5) is 0 Å². The second-order valence-electron chi connectivity index (χ2n) is 14.1. The Kier molecular flexibility index (Phi) is 5.37. The maximum Gasteiger partial charge on any atom is 0.136 e. The summed E-state index contributed by atoms with van der Waals surface area (Å²) in [5, 5.41) is 0. The van der Waals surface area contributed by atoms with Gasteiger partial charge in [-0.3, -0.25) is 4.79 Å². The molecule has 9 atom stereocenters. The molecule has 0 heterocycles. The van der Waals surface area contributed by atoms with Crippen LogP contribution < -0.4 is 0 Å². The van der Waals surface area contributed by atoms with Crippen LogP contribution in [0.1, 0.15) is 106 Å². The van der Waals surface area contributed by atoms with Crippen molar-refractivity contribution < 1.29 is 9.53 Å². The summed E-state index contributed by atoms with van der Waals surface area (Å²) in [5.41, 5.74) is 3.23. The molecule has 32 heavy (non-hydrogen) atoms. The summed E-state index contributed by atoms with van der Waals surface area (Å²) in [6, 6.07) is 0. The van der Waals surface area contributed by atoms with Crippen molar-refractivity contribution in [2.75, 3.05) is 7.11 Å². The van der Waals surface area contributed by atoms with E-state index in [-0.39, 0.29) is 11.3 Å². The number of hydrogen-bond donors (Lipinski definition) is 0. The lowest BCUT2D eigenvalue weighted by Crippen LogP contribution is -2.58. The molecular formula is C30H48O2. The third kappa shape index (κ3) is 3.03. The standard InChI is InChI=1S/C30H48O2/c1-19-21-9-8-20-18-28(4)15-13-24-27(2,3)26(32-7)14-17-30(24,6)25(28)11-10-22(20)29(21,5)16-12-23(19)31/h8,19,21-22,24-26H,9-18H2,1-7H3. The Bertz CT molecular complexity index is 810. The zero-order valence-corrected chi connectivity index (χ0v) is 21.9. The number of methoxy groups -OCH3 is 1. The second-order valence-corrected chi connectivity index (χ2v) is 14.1. The molecule has 5 rings (SSSR count). The first-order valence-corrected chi connectivity index (χ1v) is 13.7. The molecule has 0 bridgehead atoms. The first-order chi connectivity index (χ1) is 15.0. The molecule has 4 saturated carbocycles. The first-order valence-electron chi connectivity index (χ1n) is 13.7. The first kappa shape index (κ1) is 23.1. The predicted molar refractivity (Wildman–Crippen MR) is 131 cm³/mol. The van der Waals surface area contributed by atoms with Crippen molar-refractivity contribution in [1.29, 1.82) is 0 Å². The van der Waals surface area contributed by atoms with Gasteiger partial charge in [0.1, 0.15) is 5.78 Å². The number of Topliss-reactive ketones (excluding diaryl/α,β-unsaturated/α-hetero) is 1. The quantitative estimate of drug-likeness (QED) is 0.392. The fraction of sp³-hybridized carbons (Fsp3) is 0.900. The van der Waals surface area contributed by atoms with Gasteiger partial charge in [0.25, 0.3) is 0 Å². The van der Waals surface area contributed by atoms with Crippen molar-refractivity contribution in [3.05, 3.63) is 11.6 Å². The van der Waals surface area contributed by atoms with Gasteiger partial charge in [-0.15, -0.1) is 0 Å². The fourth-order valence-electron chi connectivity index (χ4n) is 10.8. The average Bonchev–Trinajstić information content (AvgIpc) is 2.88. The molecule has 0 spiro atoms. The summed E-state index contributed by atoms with van der Waals surface area (Å²) in [6.45, 7) is 15.1. The van der Waals surface area contributed by atoms with Crippen molar-refractivity contribution in [3.8, 4) is 0 Å². The Morgan fingerprint density at radius 2 is 1.66 bits per heavy atom. The molecule has 5 aliphatic carbocycles. The number of ketones is 1. The summed E-state index contributed by atoms with van der Waals surface area (Å²) >= 11 is 0. The zero-order valence-electron chi connectivity index (χ0n) is 21.9. The number of carbonyl (C=O) groups excluding carboxylic acids is 1. The van der Waals surface area contributed by atoms with Gasteiger partial charge in [0.2, 0.25) is 0 Å². The van der Waals surface area contributed by atoms with Crippen LogP contribution in [0.2, 0.25) is 0 Å². The van der Waals surface area contributed by atoms with Crippen molar-refractivity contribution in [1.82, 2.24) is 0 Å². The van der Waals surface area contributed by atoms with Crippen molar-refractivity contribution in [3.63, 3.8) is 0 Å². The van der Waals surface area contributed by atoms with Gasteiger partial charge in [0.15, 0.2) is 0 Å². The molecule has 2 nitrogen and oxygen atoms in total. The van der Waals surface area contributed by atoms with Crippen molar-refractivity contribution in [2.45, 2.75) is 112 Å². The minimum atomic E-state index is 0.250. The maximum atomic E-state index is 12.6. The van der Waals surface area contributed by atoms with Crippen LogP contribution in [0.25, 0.3) is 0 Å². The van der Waals surface area contributed by atoms with Gasteiger partial charge in [-0.2, -0.15) is 0 Å². The lowest BCUT2D eigenvalue weighted by atomic mass is 9.42. The molecule has 4 fully saturated rings. The Hall–Kier alpha value is -0.630. The fourth-order valence-corrected chi connectivity index (χ4v) is 10.8. The number of fused-ring (bicyclic) bond motifs is 6. The molecule has 9 unspecified atom stereocenters. The van der Waals surface area contributed by atoms with Crippen molar-refractivity contribution >= 4 is 5.78 Å². The van der Waals surface area contributed by atoms with E-state index < -0.39 is 0 Å². The molecule has 0 aromatic heterocycles. The van der Waals surface area contributed by atoms with Gasteiger partial charge in [0.05, 0.1) is 6.10 Å². The number of carbonyl (C=O) groups is 1. The Morgan fingerprint density at radius 1 is 0.906 bits per heavy atom. The summed E-state index contributed by atoms with van der Waals surface area (Å²) in [4.78, 5) is 12.6. The van der Waals surface area contributed by atoms with E-state index in [1.165, 1.54) is 44.9 Å². The number of ether oxygens (including phenoxy) is 1. The van der Waals surface area contributed by atoms with Crippen LogP contribution in [0, 0.1) is 51.2 Å². The zero-order chi connectivity index (χ0) is 23.1. The van der Waals surface area contributed by atoms with E-state index in [0.717, 1.165) is 31.1 Å². The normalized spacial score (nSPS) is 52.6. The highest BCUT2D eigenvalue weighted by atomic mass is 16.5. The van der Waals surface area contributed by atoms with Gasteiger partial charge < -0.3 is 4.74 Å². The molecule has 0 N–H and O–H groups in total. The molecule has 180 valence electrons. The summed E-state index contributed by atoms with van der Waals surface area (Å²) in [7, 11) is 1.93. The Morgan fingerprint density at radius 3 is 2.38 bits per heavy atom. The second kappa shape index (κ2) is 7.43. The van der Waals surface area contributed by atoms with Crippen LogP contribution in [-0.4, -0.2) is 19.0 Å². The van der Waals surface area contributed by atoms with Gasteiger partial charge in [-0.05, 0) is 103 Å². The van der Waals surface area contributed by atoms with Crippen LogP contribution in [0.3, 0.4) is 0 Å². The molecule has 0 amide bonds. The maximum absolute atomic E-state index is 12.6. The predicted octanol–water partition coefficient (Wildman–Crippen LogP) is 7.61. The van der Waals surface area contributed by atoms with Gasteiger partial charge in [0, 0.05) is 19.4 Å². The molecule has 0 aromatic carbocycles. The SMILES string of the molecule is COC1CCC2(C)C3CCC4C(=CCC5C(C)C(=O)CCC45C)CC3(C)CCC2C1(C)C. The highest BCUT2D eigenvalue weighted by Gasteiger charge is 2.62. The van der Waals surface area contributed by atoms with Gasteiger partial charge >= 0.3 is 0 Å². The van der Waals surface area contributed by atoms with E-state index >= 15 is 0 Å². The highest BCUT2D eigenvalue weighted by Crippen LogP contribution is 2.69. The van der Waals surface area contributed by atoms with Crippen LogP contribution in [-0.2, 0) is 9.53 Å². The minimum Gasteiger partial charge on any atom is -0.381 e. The summed E-state index contributed by atoms with van der Waals surface area (Å²) in [6.07, 6.45) is 15.4. The Balaban J connectivity index is 1.49. The average molecular weight is 441 g/mol. The number of hydrogen-bond acceptors (Lipinski definition) is 2. The van der Waals surface area contributed by atoms with Gasteiger partial charge in [-0.25, -0.2) is 0 Å². The smallest absolute Gasteiger partial charge is 0.136 e. The van der Waals surface area contributed by atoms with E-state index in [4.69, 9.17) is 4.74 Å². The lowest BCUT2D eigenvalue weighted by molar-refractivity contribution is -0.177. The third-order valence-electron chi connectivity index (χ3n) is 12.5. The van der Waals surface area contributed by atoms with E-state index in [1.807, 2.05) is 7.11 Å². The molecule has 5 aliphatic rings. The Labute approximate surface area is 197 Å². The number of rotatable bonds is 1. The monoisotopic (exact) mass is 440 g/mol. The molecule has 2 heteroatoms. The summed E-state index contributed by atoms with van der Waals surface area (Å²) < 4.78 is 6.02. The van der Waals surface area contributed by atoms with E-state index in [2.05, 4.69) is 47.6 Å². The van der Waals surface area contributed by atoms with Crippen LogP contribution in [0.5, 0.6) is 0 Å². The van der Waals surface area contributed by atoms with Gasteiger partial charge in [-0.1, -0.05) is 53.2 Å². The largest absolute Gasteiger partial charge is 0.381 e. The minimum absolute atomic E-state index is 0.250. The van der Waals surface area contributed by atoms with Crippen molar-refractivity contribution in [2.24, 2.45) is 51.2 Å². The van der Waals surface area contributed by atoms with Crippen LogP contribution in [0.15, 0.2) is 11.6 Å². The van der Waals surface area contributed by atoms with E-state index in [1.54, 1.807) is 5.57 Å². The topological polar surface area (TPSA) is 26.3 Å². The molecule has 0 aliphatic heterocycles. The molecule has 0 radical (unpaired) electrons. The lowest BCUT2D eigenvalue weighted by Gasteiger charge is -2.64. The molecule has 0 aromatic rings. The van der Waals surface area contributed by atoms with E-state index in [0.29, 0.717) is 40.0 Å². The molecule has 0 saturated heterocycles. The number of allylic oxidation sites excluding steroid dienone is 2. The highest BCUT2D eigenvalue weighted by molar-refractivity contribution is 5.82. The van der Waals surface area contributed by atoms with Crippen LogP contribution >= 0.6 is 0 Å². The molecular weight excluding hydrogens is 392 g/mol.